The zero-order valence-electron chi connectivity index (χ0n) is 19.4. The van der Waals surface area contributed by atoms with Gasteiger partial charge in [0.2, 0.25) is 10.0 Å². The summed E-state index contributed by atoms with van der Waals surface area (Å²) in [6.45, 7) is 1.21. The van der Waals surface area contributed by atoms with E-state index in [0.29, 0.717) is 16.1 Å². The van der Waals surface area contributed by atoms with Gasteiger partial charge in [0, 0.05) is 23.2 Å². The van der Waals surface area contributed by atoms with Crippen LogP contribution in [0, 0.1) is 17.0 Å². The summed E-state index contributed by atoms with van der Waals surface area (Å²) in [6, 6.07) is 17.1. The minimum absolute atomic E-state index is 0.0389. The third-order valence-corrected chi connectivity index (χ3v) is 7.07. The van der Waals surface area contributed by atoms with Crippen molar-refractivity contribution in [3.8, 4) is 5.75 Å². The van der Waals surface area contributed by atoms with Crippen LogP contribution in [-0.2, 0) is 21.4 Å². The van der Waals surface area contributed by atoms with Crippen LogP contribution in [0.25, 0.3) is 0 Å². The Hall–Kier alpha value is -3.80. The van der Waals surface area contributed by atoms with E-state index in [0.717, 1.165) is 9.87 Å². The molecule has 0 spiro atoms. The van der Waals surface area contributed by atoms with Gasteiger partial charge in [-0.2, -0.15) is 9.41 Å². The number of amides is 1. The number of hydrogen-bond acceptors (Lipinski definition) is 7. The highest BCUT2D eigenvalue weighted by Crippen LogP contribution is 2.27. The van der Waals surface area contributed by atoms with Crippen molar-refractivity contribution in [1.29, 1.82) is 0 Å². The molecule has 0 aliphatic carbocycles. The number of nitrogens with zero attached hydrogens (tertiary/aromatic N) is 3. The molecule has 0 fully saturated rings. The first-order valence-electron chi connectivity index (χ1n) is 10.6. The maximum Gasteiger partial charge on any atom is 0.311 e. The summed E-state index contributed by atoms with van der Waals surface area (Å²) < 4.78 is 32.6. The summed E-state index contributed by atoms with van der Waals surface area (Å²) in [5.41, 5.74) is 3.83. The summed E-state index contributed by atoms with van der Waals surface area (Å²) in [5.74, 6) is -0.619. The van der Waals surface area contributed by atoms with Crippen molar-refractivity contribution < 1.29 is 22.9 Å². The van der Waals surface area contributed by atoms with Crippen LogP contribution in [0.1, 0.15) is 16.7 Å². The normalized spacial score (nSPS) is 11.6. The molecule has 0 heterocycles. The Bertz CT molecular complexity index is 1390. The van der Waals surface area contributed by atoms with E-state index in [1.807, 2.05) is 6.92 Å². The third-order valence-electron chi connectivity index (χ3n) is 5.03. The Labute approximate surface area is 213 Å². The van der Waals surface area contributed by atoms with Gasteiger partial charge in [0.05, 0.1) is 29.7 Å². The topological polar surface area (TPSA) is 131 Å². The van der Waals surface area contributed by atoms with Crippen molar-refractivity contribution in [1.82, 2.24) is 9.73 Å². The average molecular weight is 531 g/mol. The summed E-state index contributed by atoms with van der Waals surface area (Å²) in [7, 11) is -2.72. The van der Waals surface area contributed by atoms with Gasteiger partial charge in [-0.1, -0.05) is 41.4 Å². The van der Waals surface area contributed by atoms with Gasteiger partial charge in [0.15, 0.2) is 5.75 Å². The lowest BCUT2D eigenvalue weighted by molar-refractivity contribution is -0.385. The number of rotatable bonds is 10. The van der Waals surface area contributed by atoms with Gasteiger partial charge in [-0.15, -0.1) is 0 Å². The second-order valence-electron chi connectivity index (χ2n) is 7.70. The number of aryl methyl sites for hydroxylation is 1. The SMILES string of the molecule is COc1ccc(/C=N\NC(=O)CN(Cc2cccc(Cl)c2)S(=O)(=O)c2ccc(C)cc2)cc1[N+](=O)[O-]. The van der Waals surface area contributed by atoms with Gasteiger partial charge < -0.3 is 4.74 Å². The second kappa shape index (κ2) is 11.8. The molecule has 1 N–H and O–H groups in total. The van der Waals surface area contributed by atoms with Crippen LogP contribution in [0.3, 0.4) is 0 Å². The van der Waals surface area contributed by atoms with Gasteiger partial charge in [-0.25, -0.2) is 13.8 Å². The lowest BCUT2D eigenvalue weighted by atomic mass is 10.2. The maximum atomic E-state index is 13.3. The number of sulfonamides is 1. The number of nitrogens with one attached hydrogen (secondary N) is 1. The molecule has 0 aromatic heterocycles. The highest BCUT2D eigenvalue weighted by Gasteiger charge is 2.27. The molecule has 3 aromatic carbocycles. The molecular formula is C24H23ClN4O6S. The van der Waals surface area contributed by atoms with E-state index >= 15 is 0 Å². The minimum Gasteiger partial charge on any atom is -0.490 e. The molecule has 0 radical (unpaired) electrons. The Kier molecular flexibility index (Phi) is 8.75. The standard InChI is InChI=1S/C24H23ClN4O6S/c1-17-6-9-21(10-7-17)36(33,34)28(15-19-4-3-5-20(25)12-19)16-24(30)27-26-14-18-8-11-23(35-2)22(13-18)29(31)32/h3-14H,15-16H2,1-2H3,(H,27,30)/b26-14-. The Morgan fingerprint density at radius 2 is 1.89 bits per heavy atom. The number of benzene rings is 3. The molecule has 0 saturated carbocycles. The second-order valence-corrected chi connectivity index (χ2v) is 10.1. The zero-order valence-corrected chi connectivity index (χ0v) is 21.0. The molecule has 3 aromatic rings. The van der Waals surface area contributed by atoms with E-state index in [9.17, 15) is 23.3 Å². The highest BCUT2D eigenvalue weighted by molar-refractivity contribution is 7.89. The third kappa shape index (κ3) is 6.87. The van der Waals surface area contributed by atoms with Crippen molar-refractivity contribution in [2.75, 3.05) is 13.7 Å². The van der Waals surface area contributed by atoms with E-state index in [1.165, 1.54) is 43.7 Å². The molecule has 10 nitrogen and oxygen atoms in total. The van der Waals surface area contributed by atoms with Crippen LogP contribution in [-0.4, -0.2) is 43.4 Å². The first-order valence-corrected chi connectivity index (χ1v) is 12.4. The molecule has 36 heavy (non-hydrogen) atoms. The summed E-state index contributed by atoms with van der Waals surface area (Å²) in [6.07, 6.45) is 1.21. The van der Waals surface area contributed by atoms with Gasteiger partial charge in [0.1, 0.15) is 0 Å². The number of halogens is 1. The molecule has 0 aliphatic rings. The van der Waals surface area contributed by atoms with Gasteiger partial charge in [0.25, 0.3) is 5.91 Å². The summed E-state index contributed by atoms with van der Waals surface area (Å²) in [5, 5.41) is 15.4. The predicted molar refractivity (Wildman–Crippen MR) is 136 cm³/mol. The quantitative estimate of drug-likeness (QED) is 0.240. The van der Waals surface area contributed by atoms with E-state index in [-0.39, 0.29) is 22.9 Å². The van der Waals surface area contributed by atoms with Crippen molar-refractivity contribution in [3.05, 3.63) is 98.6 Å². The number of methoxy groups -OCH3 is 1. The van der Waals surface area contributed by atoms with Crippen LogP contribution in [0.4, 0.5) is 5.69 Å². The van der Waals surface area contributed by atoms with Gasteiger partial charge in [-0.05, 0) is 48.9 Å². The van der Waals surface area contributed by atoms with Crippen LogP contribution in [0.15, 0.2) is 76.7 Å². The Morgan fingerprint density at radius 3 is 2.53 bits per heavy atom. The highest BCUT2D eigenvalue weighted by atomic mass is 35.5. The fourth-order valence-electron chi connectivity index (χ4n) is 3.23. The fourth-order valence-corrected chi connectivity index (χ4v) is 4.83. The summed E-state index contributed by atoms with van der Waals surface area (Å²) >= 11 is 6.04. The van der Waals surface area contributed by atoms with Crippen molar-refractivity contribution >= 4 is 39.4 Å². The molecular weight excluding hydrogens is 508 g/mol. The number of ether oxygens (including phenoxy) is 1. The first kappa shape index (κ1) is 26.8. The van der Waals surface area contributed by atoms with Crippen LogP contribution < -0.4 is 10.2 Å². The monoisotopic (exact) mass is 530 g/mol. The Morgan fingerprint density at radius 1 is 1.17 bits per heavy atom. The molecule has 1 amide bonds. The van der Waals surface area contributed by atoms with Crippen LogP contribution in [0.5, 0.6) is 5.75 Å². The number of carbonyl (C=O) groups excluding carboxylic acids is 1. The largest absolute Gasteiger partial charge is 0.490 e. The zero-order chi connectivity index (χ0) is 26.3. The smallest absolute Gasteiger partial charge is 0.311 e. The molecule has 0 unspecified atom stereocenters. The van der Waals surface area contributed by atoms with Crippen molar-refractivity contribution in [2.45, 2.75) is 18.4 Å². The average Bonchev–Trinajstić information content (AvgIpc) is 2.84. The van der Waals surface area contributed by atoms with E-state index < -0.39 is 27.4 Å². The van der Waals surface area contributed by atoms with E-state index in [1.54, 1.807) is 36.4 Å². The van der Waals surface area contributed by atoms with E-state index in [4.69, 9.17) is 16.3 Å². The number of hydrogen-bond donors (Lipinski definition) is 1. The van der Waals surface area contributed by atoms with Crippen molar-refractivity contribution in [3.63, 3.8) is 0 Å². The lowest BCUT2D eigenvalue weighted by Crippen LogP contribution is -2.39. The first-order chi connectivity index (χ1) is 17.1. The van der Waals surface area contributed by atoms with Crippen LogP contribution in [0.2, 0.25) is 5.02 Å². The maximum absolute atomic E-state index is 13.3. The molecule has 0 saturated heterocycles. The minimum atomic E-state index is -4.04. The number of carbonyl (C=O) groups is 1. The lowest BCUT2D eigenvalue weighted by Gasteiger charge is -2.21. The molecule has 188 valence electrons. The molecule has 3 rings (SSSR count). The Balaban J connectivity index is 1.79. The van der Waals surface area contributed by atoms with Gasteiger partial charge in [-0.3, -0.25) is 14.9 Å². The van der Waals surface area contributed by atoms with Crippen LogP contribution >= 0.6 is 11.6 Å². The number of hydrazone groups is 1. The molecule has 0 aliphatic heterocycles. The molecule has 0 atom stereocenters. The van der Waals surface area contributed by atoms with E-state index in [2.05, 4.69) is 10.5 Å². The fraction of sp³-hybridized carbons (Fsp3) is 0.167. The molecule has 12 heteroatoms. The number of nitro benzene ring substituents is 1. The predicted octanol–water partition coefficient (Wildman–Crippen LogP) is 3.91. The van der Waals surface area contributed by atoms with Crippen molar-refractivity contribution in [2.24, 2.45) is 5.10 Å². The van der Waals surface area contributed by atoms with Gasteiger partial charge >= 0.3 is 5.69 Å². The number of nitro groups is 1. The molecule has 0 bridgehead atoms. The summed E-state index contributed by atoms with van der Waals surface area (Å²) in [4.78, 5) is 23.2.